The van der Waals surface area contributed by atoms with Crippen molar-refractivity contribution in [3.05, 3.63) is 47.8 Å². The van der Waals surface area contributed by atoms with Gasteiger partial charge >= 0.3 is 0 Å². The number of nitrogens with zero attached hydrogens (tertiary/aromatic N) is 2. The highest BCUT2D eigenvalue weighted by atomic mass is 16.2. The molecule has 2 amide bonds. The van der Waals surface area contributed by atoms with Crippen molar-refractivity contribution in [2.75, 3.05) is 5.32 Å². The van der Waals surface area contributed by atoms with Crippen molar-refractivity contribution >= 4 is 17.5 Å². The second-order valence-corrected chi connectivity index (χ2v) is 5.46. The highest BCUT2D eigenvalue weighted by molar-refractivity contribution is 5.93. The predicted molar refractivity (Wildman–Crippen MR) is 82.2 cm³/mol. The predicted octanol–water partition coefficient (Wildman–Crippen LogP) is 1.65. The van der Waals surface area contributed by atoms with E-state index in [1.165, 1.54) is 0 Å². The fourth-order valence-corrected chi connectivity index (χ4v) is 2.58. The number of nitrogens with one attached hydrogen (secondary N) is 2. The lowest BCUT2D eigenvalue weighted by atomic mass is 9.98. The Balaban J connectivity index is 1.66. The van der Waals surface area contributed by atoms with Gasteiger partial charge < -0.3 is 10.6 Å². The summed E-state index contributed by atoms with van der Waals surface area (Å²) in [7, 11) is 0. The molecule has 0 aliphatic carbocycles. The van der Waals surface area contributed by atoms with Gasteiger partial charge in [-0.15, -0.1) is 0 Å². The molecular weight excluding hydrogens is 280 g/mol. The SMILES string of the molecule is C[C@H](NC(=O)Cn1cccn1)c1ccc2c(c1)CCC(=O)N2. The average molecular weight is 298 g/mol. The number of carbonyl (C=O) groups excluding carboxylic acids is 2. The van der Waals surface area contributed by atoms with Gasteiger partial charge in [0.2, 0.25) is 11.8 Å². The third-order valence-corrected chi connectivity index (χ3v) is 3.77. The fraction of sp³-hybridized carbons (Fsp3) is 0.312. The summed E-state index contributed by atoms with van der Waals surface area (Å²) in [5.74, 6) is -0.0250. The molecule has 6 nitrogen and oxygen atoms in total. The van der Waals surface area contributed by atoms with E-state index in [-0.39, 0.29) is 24.4 Å². The standard InChI is InChI=1S/C16H18N4O2/c1-11(18-16(22)10-20-8-2-7-17-20)12-3-5-14-13(9-12)4-6-15(21)19-14/h2-3,5,7-9,11H,4,6,10H2,1H3,(H,18,22)(H,19,21)/t11-/m0/s1. The van der Waals surface area contributed by atoms with Crippen molar-refractivity contribution in [2.45, 2.75) is 32.4 Å². The molecule has 2 heterocycles. The maximum absolute atomic E-state index is 12.0. The molecular formula is C16H18N4O2. The number of rotatable bonds is 4. The van der Waals surface area contributed by atoms with Gasteiger partial charge in [0, 0.05) is 24.5 Å². The molecule has 0 fully saturated rings. The van der Waals surface area contributed by atoms with E-state index in [1.54, 1.807) is 23.1 Å². The molecule has 0 spiro atoms. The number of aryl methyl sites for hydroxylation is 1. The minimum Gasteiger partial charge on any atom is -0.348 e. The van der Waals surface area contributed by atoms with Crippen LogP contribution in [0.5, 0.6) is 0 Å². The molecule has 1 aliphatic rings. The van der Waals surface area contributed by atoms with Gasteiger partial charge in [-0.1, -0.05) is 12.1 Å². The zero-order valence-corrected chi connectivity index (χ0v) is 12.4. The highest BCUT2D eigenvalue weighted by Crippen LogP contribution is 2.26. The van der Waals surface area contributed by atoms with Crippen LogP contribution >= 0.6 is 0 Å². The Morgan fingerprint density at radius 1 is 1.45 bits per heavy atom. The van der Waals surface area contributed by atoms with Gasteiger partial charge in [0.05, 0.1) is 6.04 Å². The van der Waals surface area contributed by atoms with Crippen molar-refractivity contribution in [3.63, 3.8) is 0 Å². The fourth-order valence-electron chi connectivity index (χ4n) is 2.58. The lowest BCUT2D eigenvalue weighted by molar-refractivity contribution is -0.122. The van der Waals surface area contributed by atoms with Crippen molar-refractivity contribution in [1.29, 1.82) is 0 Å². The maximum Gasteiger partial charge on any atom is 0.242 e. The normalized spacial score (nSPS) is 14.9. The summed E-state index contributed by atoms with van der Waals surface area (Å²) in [5, 5.41) is 9.84. The minimum absolute atomic E-state index is 0.0563. The molecule has 0 unspecified atom stereocenters. The molecule has 1 aliphatic heterocycles. The zero-order valence-electron chi connectivity index (χ0n) is 12.4. The molecule has 0 saturated heterocycles. The van der Waals surface area contributed by atoms with Gasteiger partial charge in [-0.3, -0.25) is 14.3 Å². The molecule has 6 heteroatoms. The van der Waals surface area contributed by atoms with E-state index < -0.39 is 0 Å². The van der Waals surface area contributed by atoms with Gasteiger partial charge in [0.25, 0.3) is 0 Å². The largest absolute Gasteiger partial charge is 0.348 e. The van der Waals surface area contributed by atoms with Gasteiger partial charge in [0.1, 0.15) is 6.54 Å². The summed E-state index contributed by atoms with van der Waals surface area (Å²) in [6.45, 7) is 2.16. The average Bonchev–Trinajstić information content (AvgIpc) is 2.99. The molecule has 2 aromatic rings. The smallest absolute Gasteiger partial charge is 0.242 e. The zero-order chi connectivity index (χ0) is 15.5. The van der Waals surface area contributed by atoms with E-state index in [0.717, 1.165) is 23.2 Å². The Hall–Kier alpha value is -2.63. The van der Waals surface area contributed by atoms with Crippen molar-refractivity contribution in [3.8, 4) is 0 Å². The van der Waals surface area contributed by atoms with Gasteiger partial charge in [-0.05, 0) is 36.6 Å². The third kappa shape index (κ3) is 3.16. The van der Waals surface area contributed by atoms with E-state index in [1.807, 2.05) is 25.1 Å². The number of aromatic nitrogens is 2. The van der Waals surface area contributed by atoms with Gasteiger partial charge in [-0.2, -0.15) is 5.10 Å². The molecule has 0 radical (unpaired) electrons. The Kier molecular flexibility index (Phi) is 3.91. The lowest BCUT2D eigenvalue weighted by Gasteiger charge is -2.20. The molecule has 0 saturated carbocycles. The molecule has 3 rings (SSSR count). The van der Waals surface area contributed by atoms with Crippen LogP contribution in [0.1, 0.15) is 30.5 Å². The van der Waals surface area contributed by atoms with Crippen molar-refractivity contribution < 1.29 is 9.59 Å². The molecule has 0 bridgehead atoms. The van der Waals surface area contributed by atoms with Crippen molar-refractivity contribution in [1.82, 2.24) is 15.1 Å². The number of hydrogen-bond acceptors (Lipinski definition) is 3. The summed E-state index contributed by atoms with van der Waals surface area (Å²) in [6.07, 6.45) is 4.65. The number of carbonyl (C=O) groups is 2. The Bertz CT molecular complexity index is 694. The summed E-state index contributed by atoms with van der Waals surface area (Å²) < 4.78 is 1.59. The topological polar surface area (TPSA) is 76.0 Å². The third-order valence-electron chi connectivity index (χ3n) is 3.77. The first-order chi connectivity index (χ1) is 10.6. The summed E-state index contributed by atoms with van der Waals surface area (Å²) in [5.41, 5.74) is 3.02. The number of fused-ring (bicyclic) bond motifs is 1. The van der Waals surface area contributed by atoms with Crippen LogP contribution in [0, 0.1) is 0 Å². The first kappa shape index (κ1) is 14.3. The van der Waals surface area contributed by atoms with Crippen molar-refractivity contribution in [2.24, 2.45) is 0 Å². The Morgan fingerprint density at radius 2 is 2.32 bits per heavy atom. The van der Waals surface area contributed by atoms with E-state index in [0.29, 0.717) is 6.42 Å². The van der Waals surface area contributed by atoms with E-state index in [9.17, 15) is 9.59 Å². The van der Waals surface area contributed by atoms with E-state index in [4.69, 9.17) is 0 Å². The first-order valence-electron chi connectivity index (χ1n) is 7.31. The quantitative estimate of drug-likeness (QED) is 0.901. The van der Waals surface area contributed by atoms with Gasteiger partial charge in [0.15, 0.2) is 0 Å². The summed E-state index contributed by atoms with van der Waals surface area (Å²) in [4.78, 5) is 23.4. The van der Waals surface area contributed by atoms with Crippen LogP contribution in [0.3, 0.4) is 0 Å². The molecule has 1 atom stereocenters. The maximum atomic E-state index is 12.0. The first-order valence-corrected chi connectivity index (χ1v) is 7.31. The van der Waals surface area contributed by atoms with Crippen LogP contribution in [-0.4, -0.2) is 21.6 Å². The van der Waals surface area contributed by atoms with Crippen LogP contribution in [0.25, 0.3) is 0 Å². The molecule has 114 valence electrons. The molecule has 1 aromatic carbocycles. The molecule has 1 aromatic heterocycles. The number of anilines is 1. The second kappa shape index (κ2) is 6.01. The minimum atomic E-state index is -0.0917. The summed E-state index contributed by atoms with van der Waals surface area (Å²) in [6, 6.07) is 7.58. The molecule has 22 heavy (non-hydrogen) atoms. The molecule has 2 N–H and O–H groups in total. The van der Waals surface area contributed by atoms with Crippen LogP contribution in [0.15, 0.2) is 36.7 Å². The number of amides is 2. The number of hydrogen-bond donors (Lipinski definition) is 2. The highest BCUT2D eigenvalue weighted by Gasteiger charge is 2.17. The van der Waals surface area contributed by atoms with Crippen LogP contribution < -0.4 is 10.6 Å². The lowest BCUT2D eigenvalue weighted by Crippen LogP contribution is -2.30. The Labute approximate surface area is 128 Å². The van der Waals surface area contributed by atoms with E-state index in [2.05, 4.69) is 15.7 Å². The van der Waals surface area contributed by atoms with Gasteiger partial charge in [-0.25, -0.2) is 0 Å². The summed E-state index contributed by atoms with van der Waals surface area (Å²) >= 11 is 0. The number of benzene rings is 1. The van der Waals surface area contributed by atoms with E-state index >= 15 is 0 Å². The van der Waals surface area contributed by atoms with Crippen LogP contribution in [-0.2, 0) is 22.6 Å². The monoisotopic (exact) mass is 298 g/mol. The van der Waals surface area contributed by atoms with Crippen LogP contribution in [0.4, 0.5) is 5.69 Å². The second-order valence-electron chi connectivity index (χ2n) is 5.46. The Morgan fingerprint density at radius 3 is 3.09 bits per heavy atom. The van der Waals surface area contributed by atoms with Crippen LogP contribution in [0.2, 0.25) is 0 Å².